The molecule has 104 valence electrons. The Morgan fingerprint density at radius 3 is 2.37 bits per heavy atom. The van der Waals surface area contributed by atoms with Gasteiger partial charge in [0.2, 0.25) is 0 Å². The van der Waals surface area contributed by atoms with Crippen LogP contribution in [0.3, 0.4) is 0 Å². The van der Waals surface area contributed by atoms with Crippen LogP contribution in [0.15, 0.2) is 24.3 Å². The van der Waals surface area contributed by atoms with Crippen molar-refractivity contribution in [2.45, 2.75) is 52.4 Å². The van der Waals surface area contributed by atoms with E-state index in [2.05, 4.69) is 13.8 Å². The van der Waals surface area contributed by atoms with Gasteiger partial charge >= 0.3 is 0 Å². The van der Waals surface area contributed by atoms with Crippen molar-refractivity contribution in [3.8, 4) is 5.75 Å². The molecule has 0 saturated heterocycles. The summed E-state index contributed by atoms with van der Waals surface area (Å²) in [5, 5.41) is 0. The molecule has 1 aromatic carbocycles. The minimum Gasteiger partial charge on any atom is -0.494 e. The van der Waals surface area contributed by atoms with Gasteiger partial charge < -0.3 is 4.74 Å². The van der Waals surface area contributed by atoms with E-state index in [1.54, 1.807) is 0 Å². The maximum Gasteiger partial charge on any atom is 0.168 e. The topological polar surface area (TPSA) is 26.3 Å². The Hall–Kier alpha value is -1.31. The molecule has 2 nitrogen and oxygen atoms in total. The molecular weight excluding hydrogens is 236 g/mol. The first-order valence-electron chi connectivity index (χ1n) is 7.43. The highest BCUT2D eigenvalue weighted by molar-refractivity contribution is 6.00. The Bertz CT molecular complexity index is 413. The van der Waals surface area contributed by atoms with Crippen LogP contribution < -0.4 is 4.74 Å². The first kappa shape index (κ1) is 14.1. The Morgan fingerprint density at radius 1 is 1.16 bits per heavy atom. The lowest BCUT2D eigenvalue weighted by atomic mass is 9.71. The van der Waals surface area contributed by atoms with E-state index in [0.29, 0.717) is 5.78 Å². The molecule has 2 rings (SSSR count). The van der Waals surface area contributed by atoms with Crippen LogP contribution in [0.1, 0.15) is 62.7 Å². The second kappa shape index (κ2) is 6.23. The highest BCUT2D eigenvalue weighted by Crippen LogP contribution is 2.38. The first-order chi connectivity index (χ1) is 9.15. The lowest BCUT2D eigenvalue weighted by Gasteiger charge is -2.32. The molecule has 1 aliphatic rings. The third kappa shape index (κ3) is 3.37. The molecule has 1 aromatic rings. The predicted molar refractivity (Wildman–Crippen MR) is 77.8 cm³/mol. The maximum atomic E-state index is 12.6. The van der Waals surface area contributed by atoms with Crippen LogP contribution in [0.5, 0.6) is 5.75 Å². The number of Topliss-reactive ketones (excluding diaryl/α,β-unsaturated/α-hetero) is 1. The van der Waals surface area contributed by atoms with E-state index in [4.69, 9.17) is 4.74 Å². The third-order valence-electron chi connectivity index (χ3n) is 4.09. The predicted octanol–water partition coefficient (Wildman–Crippen LogP) is 4.63. The summed E-state index contributed by atoms with van der Waals surface area (Å²) in [5.74, 6) is 1.15. The molecule has 1 aliphatic carbocycles. The number of benzene rings is 1. The largest absolute Gasteiger partial charge is 0.494 e. The Labute approximate surface area is 116 Å². The second-order valence-corrected chi connectivity index (χ2v) is 5.82. The van der Waals surface area contributed by atoms with Crippen molar-refractivity contribution in [3.05, 3.63) is 29.8 Å². The zero-order valence-electron chi connectivity index (χ0n) is 12.1. The number of ether oxygens (including phenoxy) is 1. The smallest absolute Gasteiger partial charge is 0.168 e. The fraction of sp³-hybridized carbons (Fsp3) is 0.588. The summed E-state index contributed by atoms with van der Waals surface area (Å²) >= 11 is 0. The lowest BCUT2D eigenvalue weighted by Crippen LogP contribution is -2.30. The minimum absolute atomic E-state index is 0.149. The third-order valence-corrected chi connectivity index (χ3v) is 4.09. The normalized spacial score (nSPS) is 18.0. The van der Waals surface area contributed by atoms with Gasteiger partial charge in [-0.3, -0.25) is 4.79 Å². The molecular formula is C17H24O2. The molecule has 2 heteroatoms. The van der Waals surface area contributed by atoms with E-state index in [1.165, 1.54) is 19.3 Å². The molecule has 0 N–H and O–H groups in total. The molecule has 0 bridgehead atoms. The van der Waals surface area contributed by atoms with Gasteiger partial charge in [0.05, 0.1) is 6.61 Å². The van der Waals surface area contributed by atoms with Crippen LogP contribution in [0, 0.1) is 5.41 Å². The van der Waals surface area contributed by atoms with Gasteiger partial charge in [0.15, 0.2) is 5.78 Å². The second-order valence-electron chi connectivity index (χ2n) is 5.82. The minimum atomic E-state index is -0.149. The number of hydrogen-bond donors (Lipinski definition) is 0. The molecule has 0 amide bonds. The zero-order chi connectivity index (χ0) is 13.7. The number of ketones is 1. The van der Waals surface area contributed by atoms with Crippen molar-refractivity contribution in [1.29, 1.82) is 0 Å². The van der Waals surface area contributed by atoms with Gasteiger partial charge in [-0.1, -0.05) is 33.1 Å². The van der Waals surface area contributed by atoms with Crippen LogP contribution in [-0.2, 0) is 0 Å². The fourth-order valence-corrected chi connectivity index (χ4v) is 2.83. The van der Waals surface area contributed by atoms with Gasteiger partial charge in [0.25, 0.3) is 0 Å². The number of rotatable bonds is 5. The summed E-state index contributed by atoms with van der Waals surface area (Å²) in [6.45, 7) is 4.93. The van der Waals surface area contributed by atoms with E-state index >= 15 is 0 Å². The van der Waals surface area contributed by atoms with Crippen LogP contribution >= 0.6 is 0 Å². The maximum absolute atomic E-state index is 12.6. The van der Waals surface area contributed by atoms with Gasteiger partial charge in [-0.05, 0) is 43.5 Å². The van der Waals surface area contributed by atoms with Crippen LogP contribution in [-0.4, -0.2) is 12.4 Å². The lowest BCUT2D eigenvalue weighted by molar-refractivity contribution is 0.0749. The van der Waals surface area contributed by atoms with Crippen molar-refractivity contribution >= 4 is 5.78 Å². The number of hydrogen-bond acceptors (Lipinski definition) is 2. The van der Waals surface area contributed by atoms with Gasteiger partial charge in [-0.25, -0.2) is 0 Å². The van der Waals surface area contributed by atoms with E-state index in [0.717, 1.165) is 37.2 Å². The summed E-state index contributed by atoms with van der Waals surface area (Å²) in [6.07, 6.45) is 6.69. The van der Waals surface area contributed by atoms with E-state index < -0.39 is 0 Å². The SMILES string of the molecule is CCCOc1ccc(C(=O)C2(C)CCCCC2)cc1. The average Bonchev–Trinajstić information content (AvgIpc) is 2.46. The molecule has 0 aliphatic heterocycles. The summed E-state index contributed by atoms with van der Waals surface area (Å²) in [6, 6.07) is 7.64. The average molecular weight is 260 g/mol. The molecule has 19 heavy (non-hydrogen) atoms. The van der Waals surface area contributed by atoms with E-state index in [9.17, 15) is 4.79 Å². The summed E-state index contributed by atoms with van der Waals surface area (Å²) in [4.78, 5) is 12.6. The highest BCUT2D eigenvalue weighted by Gasteiger charge is 2.34. The molecule has 0 radical (unpaired) electrons. The Balaban J connectivity index is 2.06. The van der Waals surface area contributed by atoms with Crippen molar-refractivity contribution in [3.63, 3.8) is 0 Å². The van der Waals surface area contributed by atoms with Crippen molar-refractivity contribution in [2.24, 2.45) is 5.41 Å². The molecule has 1 saturated carbocycles. The number of carbonyl (C=O) groups excluding carboxylic acids is 1. The van der Waals surface area contributed by atoms with Crippen LogP contribution in [0.25, 0.3) is 0 Å². The summed E-state index contributed by atoms with van der Waals surface area (Å²) in [5.41, 5.74) is 0.678. The molecule has 0 heterocycles. The van der Waals surface area contributed by atoms with Gasteiger partial charge in [-0.2, -0.15) is 0 Å². The molecule has 1 fully saturated rings. The van der Waals surface area contributed by atoms with Crippen molar-refractivity contribution in [2.75, 3.05) is 6.61 Å². The van der Waals surface area contributed by atoms with E-state index in [-0.39, 0.29) is 5.41 Å². The van der Waals surface area contributed by atoms with Gasteiger partial charge in [0.1, 0.15) is 5.75 Å². The summed E-state index contributed by atoms with van der Waals surface area (Å²) < 4.78 is 5.55. The Kier molecular flexibility index (Phi) is 4.62. The molecule has 0 spiro atoms. The quantitative estimate of drug-likeness (QED) is 0.722. The van der Waals surface area contributed by atoms with Crippen LogP contribution in [0.4, 0.5) is 0 Å². The summed E-state index contributed by atoms with van der Waals surface area (Å²) in [7, 11) is 0. The zero-order valence-corrected chi connectivity index (χ0v) is 12.1. The Morgan fingerprint density at radius 2 is 1.79 bits per heavy atom. The van der Waals surface area contributed by atoms with Crippen molar-refractivity contribution < 1.29 is 9.53 Å². The van der Waals surface area contributed by atoms with Crippen LogP contribution in [0.2, 0.25) is 0 Å². The monoisotopic (exact) mass is 260 g/mol. The fourth-order valence-electron chi connectivity index (χ4n) is 2.83. The number of carbonyl (C=O) groups is 1. The van der Waals surface area contributed by atoms with Gasteiger partial charge in [0, 0.05) is 11.0 Å². The van der Waals surface area contributed by atoms with Gasteiger partial charge in [-0.15, -0.1) is 0 Å². The first-order valence-corrected chi connectivity index (χ1v) is 7.43. The highest BCUT2D eigenvalue weighted by atomic mass is 16.5. The van der Waals surface area contributed by atoms with Crippen molar-refractivity contribution in [1.82, 2.24) is 0 Å². The molecule has 0 unspecified atom stereocenters. The molecule has 0 atom stereocenters. The molecule has 0 aromatic heterocycles. The standard InChI is InChI=1S/C17H24O2/c1-3-13-19-15-9-7-14(8-10-15)16(18)17(2)11-5-4-6-12-17/h7-10H,3-6,11-13H2,1-2H3. The van der Waals surface area contributed by atoms with E-state index in [1.807, 2.05) is 24.3 Å².